The van der Waals surface area contributed by atoms with Crippen LogP contribution in [0.25, 0.3) is 10.1 Å². The maximum Gasteiger partial charge on any atom is 0.224 e. The molecule has 1 aromatic heterocycles. The predicted molar refractivity (Wildman–Crippen MR) is 105 cm³/mol. The van der Waals surface area contributed by atoms with Gasteiger partial charge in [0.25, 0.3) is 0 Å². The van der Waals surface area contributed by atoms with Gasteiger partial charge in [0.05, 0.1) is 6.04 Å². The number of guanidine groups is 1. The Labute approximate surface area is 150 Å². The van der Waals surface area contributed by atoms with E-state index in [4.69, 9.17) is 11.5 Å². The van der Waals surface area contributed by atoms with E-state index in [9.17, 15) is 4.79 Å². The van der Waals surface area contributed by atoms with Gasteiger partial charge in [-0.1, -0.05) is 36.4 Å². The van der Waals surface area contributed by atoms with Gasteiger partial charge in [-0.3, -0.25) is 4.79 Å². The lowest BCUT2D eigenvalue weighted by molar-refractivity contribution is -0.116. The summed E-state index contributed by atoms with van der Waals surface area (Å²) < 4.78 is 1.15. The number of hydrogen-bond donors (Lipinski definition) is 3. The minimum atomic E-state index is -0.225. The first-order valence-electron chi connectivity index (χ1n) is 8.02. The fourth-order valence-electron chi connectivity index (χ4n) is 2.68. The van der Waals surface area contributed by atoms with Crippen molar-refractivity contribution in [3.63, 3.8) is 0 Å². The van der Waals surface area contributed by atoms with Crippen molar-refractivity contribution in [3.05, 3.63) is 65.5 Å². The van der Waals surface area contributed by atoms with Crippen LogP contribution in [-0.2, 0) is 4.79 Å². The molecule has 1 atom stereocenters. The number of aliphatic imine (C=N–C) groups is 1. The highest BCUT2D eigenvalue weighted by molar-refractivity contribution is 7.17. The smallest absolute Gasteiger partial charge is 0.224 e. The molecule has 0 bridgehead atoms. The van der Waals surface area contributed by atoms with E-state index in [1.165, 1.54) is 5.39 Å². The lowest BCUT2D eigenvalue weighted by atomic mass is 10.0. The van der Waals surface area contributed by atoms with Crippen molar-refractivity contribution in [2.75, 3.05) is 5.32 Å². The fourth-order valence-corrected chi connectivity index (χ4v) is 3.51. The predicted octanol–water partition coefficient (Wildman–Crippen LogP) is 3.63. The van der Waals surface area contributed by atoms with Gasteiger partial charge in [-0.15, -0.1) is 11.3 Å². The van der Waals surface area contributed by atoms with E-state index >= 15 is 0 Å². The average Bonchev–Trinajstić information content (AvgIpc) is 3.07. The van der Waals surface area contributed by atoms with Crippen LogP contribution in [0.3, 0.4) is 0 Å². The summed E-state index contributed by atoms with van der Waals surface area (Å²) in [4.78, 5) is 16.5. The van der Waals surface area contributed by atoms with E-state index in [-0.39, 0.29) is 17.9 Å². The van der Waals surface area contributed by atoms with E-state index in [0.717, 1.165) is 16.0 Å². The average molecular weight is 352 g/mol. The number of carbonyl (C=O) groups is 1. The third-order valence-electron chi connectivity index (χ3n) is 3.87. The highest BCUT2D eigenvalue weighted by Gasteiger charge is 2.13. The zero-order valence-electron chi connectivity index (χ0n) is 13.7. The third-order valence-corrected chi connectivity index (χ3v) is 4.75. The van der Waals surface area contributed by atoms with Crippen molar-refractivity contribution in [1.82, 2.24) is 0 Å². The summed E-state index contributed by atoms with van der Waals surface area (Å²) in [5.74, 6) is -0.0277. The lowest BCUT2D eigenvalue weighted by Gasteiger charge is -2.13. The van der Waals surface area contributed by atoms with Gasteiger partial charge in [0.1, 0.15) is 0 Å². The SMILES string of the molecule is NC(N)=NC(CCC(=O)Nc1ccc2ccsc2c1)c1ccccc1. The summed E-state index contributed by atoms with van der Waals surface area (Å²) in [6.45, 7) is 0. The van der Waals surface area contributed by atoms with Crippen molar-refractivity contribution >= 4 is 39.0 Å². The zero-order chi connectivity index (χ0) is 17.6. The number of hydrogen-bond acceptors (Lipinski definition) is 3. The fraction of sp³-hybridized carbons (Fsp3) is 0.158. The number of rotatable bonds is 6. The van der Waals surface area contributed by atoms with Crippen LogP contribution in [0.1, 0.15) is 24.4 Å². The molecule has 3 rings (SSSR count). The molecular formula is C19H20N4OS. The largest absolute Gasteiger partial charge is 0.370 e. The van der Waals surface area contributed by atoms with Crippen LogP contribution in [0.5, 0.6) is 0 Å². The molecule has 5 nitrogen and oxygen atoms in total. The van der Waals surface area contributed by atoms with Crippen molar-refractivity contribution in [3.8, 4) is 0 Å². The minimum absolute atomic E-state index is 0.0254. The van der Waals surface area contributed by atoms with Gasteiger partial charge in [-0.25, -0.2) is 4.99 Å². The summed E-state index contributed by atoms with van der Waals surface area (Å²) in [7, 11) is 0. The number of thiophene rings is 1. The molecule has 1 amide bonds. The number of nitrogens with two attached hydrogens (primary N) is 2. The Morgan fingerprint density at radius 3 is 2.68 bits per heavy atom. The number of fused-ring (bicyclic) bond motifs is 1. The number of amides is 1. The van der Waals surface area contributed by atoms with Crippen LogP contribution in [0.4, 0.5) is 5.69 Å². The molecule has 0 aliphatic rings. The number of benzene rings is 2. The maximum atomic E-state index is 12.3. The molecule has 0 spiro atoms. The monoisotopic (exact) mass is 352 g/mol. The Bertz CT molecular complexity index is 885. The molecule has 25 heavy (non-hydrogen) atoms. The van der Waals surface area contributed by atoms with Gasteiger partial charge in [0, 0.05) is 16.8 Å². The van der Waals surface area contributed by atoms with Gasteiger partial charge in [0.2, 0.25) is 5.91 Å². The molecule has 6 heteroatoms. The van der Waals surface area contributed by atoms with E-state index in [1.54, 1.807) is 11.3 Å². The van der Waals surface area contributed by atoms with Crippen molar-refractivity contribution in [2.24, 2.45) is 16.5 Å². The molecule has 0 saturated carbocycles. The Morgan fingerprint density at radius 2 is 1.92 bits per heavy atom. The first kappa shape index (κ1) is 17.0. The summed E-state index contributed by atoms with van der Waals surface area (Å²) >= 11 is 1.65. The van der Waals surface area contributed by atoms with Crippen LogP contribution in [0.15, 0.2) is 65.0 Å². The maximum absolute atomic E-state index is 12.3. The third kappa shape index (κ3) is 4.58. The molecule has 0 aliphatic heterocycles. The number of carbonyl (C=O) groups excluding carboxylic acids is 1. The molecule has 128 valence electrons. The first-order valence-corrected chi connectivity index (χ1v) is 8.90. The molecule has 2 aromatic carbocycles. The second-order valence-electron chi connectivity index (χ2n) is 5.74. The highest BCUT2D eigenvalue weighted by atomic mass is 32.1. The van der Waals surface area contributed by atoms with Gasteiger partial charge >= 0.3 is 0 Å². The summed E-state index contributed by atoms with van der Waals surface area (Å²) in [5.41, 5.74) is 12.9. The Hall–Kier alpha value is -2.86. The molecule has 0 saturated heterocycles. The van der Waals surface area contributed by atoms with E-state index in [2.05, 4.69) is 16.4 Å². The highest BCUT2D eigenvalue weighted by Crippen LogP contribution is 2.25. The number of anilines is 1. The molecule has 0 aliphatic carbocycles. The topological polar surface area (TPSA) is 93.5 Å². The molecule has 5 N–H and O–H groups in total. The van der Waals surface area contributed by atoms with Gasteiger partial charge in [0.15, 0.2) is 5.96 Å². The normalized spacial score (nSPS) is 11.8. The molecule has 3 aromatic rings. The molecule has 0 fully saturated rings. The van der Waals surface area contributed by atoms with Crippen LogP contribution in [0, 0.1) is 0 Å². The Kier molecular flexibility index (Phi) is 5.30. The second-order valence-corrected chi connectivity index (χ2v) is 6.69. The van der Waals surface area contributed by atoms with Gasteiger partial charge < -0.3 is 16.8 Å². The van der Waals surface area contributed by atoms with Crippen LogP contribution >= 0.6 is 11.3 Å². The van der Waals surface area contributed by atoms with E-state index in [1.807, 2.05) is 53.9 Å². The standard InChI is InChI=1S/C19H20N4OS/c20-19(21)23-16(13-4-2-1-3-5-13)8-9-18(24)22-15-7-6-14-10-11-25-17(14)12-15/h1-7,10-12,16H,8-9H2,(H,22,24)(H4,20,21,23). The van der Waals surface area contributed by atoms with E-state index < -0.39 is 0 Å². The van der Waals surface area contributed by atoms with Crippen LogP contribution < -0.4 is 16.8 Å². The molecule has 1 heterocycles. The Morgan fingerprint density at radius 1 is 1.12 bits per heavy atom. The Balaban J connectivity index is 1.63. The summed E-state index contributed by atoms with van der Waals surface area (Å²) in [5, 5.41) is 6.16. The first-order chi connectivity index (χ1) is 12.1. The zero-order valence-corrected chi connectivity index (χ0v) is 14.5. The van der Waals surface area contributed by atoms with Crippen molar-refractivity contribution < 1.29 is 4.79 Å². The molecular weight excluding hydrogens is 332 g/mol. The van der Waals surface area contributed by atoms with Crippen LogP contribution in [-0.4, -0.2) is 11.9 Å². The summed E-state index contributed by atoms with van der Waals surface area (Å²) in [6, 6.07) is 17.5. The van der Waals surface area contributed by atoms with Crippen LogP contribution in [0.2, 0.25) is 0 Å². The number of nitrogens with one attached hydrogen (secondary N) is 1. The van der Waals surface area contributed by atoms with Gasteiger partial charge in [-0.05, 0) is 40.9 Å². The molecule has 1 unspecified atom stereocenters. The minimum Gasteiger partial charge on any atom is -0.370 e. The molecule has 0 radical (unpaired) electrons. The number of nitrogens with zero attached hydrogens (tertiary/aromatic N) is 1. The second kappa shape index (κ2) is 7.81. The quantitative estimate of drug-likeness (QED) is 0.467. The van der Waals surface area contributed by atoms with E-state index in [0.29, 0.717) is 12.8 Å². The van der Waals surface area contributed by atoms with Crippen molar-refractivity contribution in [2.45, 2.75) is 18.9 Å². The lowest BCUT2D eigenvalue weighted by Crippen LogP contribution is -2.24. The van der Waals surface area contributed by atoms with Crippen molar-refractivity contribution in [1.29, 1.82) is 0 Å². The summed E-state index contributed by atoms with van der Waals surface area (Å²) in [6.07, 6.45) is 0.869. The van der Waals surface area contributed by atoms with Gasteiger partial charge in [-0.2, -0.15) is 0 Å².